The molecule has 3 aromatic rings. The lowest BCUT2D eigenvalue weighted by Gasteiger charge is -2.00. The maximum atomic E-state index is 11.5. The van der Waals surface area contributed by atoms with Crippen LogP contribution in [0.4, 0.5) is 0 Å². The van der Waals surface area contributed by atoms with E-state index in [9.17, 15) is 4.79 Å². The molecule has 0 aliphatic carbocycles. The van der Waals surface area contributed by atoms with E-state index in [0.29, 0.717) is 5.69 Å². The summed E-state index contributed by atoms with van der Waals surface area (Å²) in [6, 6.07) is 14.3. The molecule has 1 aromatic heterocycles. The molecule has 2 aromatic carbocycles. The number of fused-ring (bicyclic) bond motifs is 1. The highest BCUT2D eigenvalue weighted by Gasteiger charge is 2.10. The minimum absolute atomic E-state index is 0.0269. The average Bonchev–Trinajstić information content (AvgIpc) is 2.95. The van der Waals surface area contributed by atoms with Gasteiger partial charge in [0.25, 0.3) is 0 Å². The van der Waals surface area contributed by atoms with Crippen LogP contribution in [0.1, 0.15) is 10.5 Å². The van der Waals surface area contributed by atoms with Gasteiger partial charge in [-0.05, 0) is 16.8 Å². The van der Waals surface area contributed by atoms with Crippen molar-refractivity contribution in [1.29, 1.82) is 0 Å². The average molecular weight is 288 g/mol. The van der Waals surface area contributed by atoms with Crippen LogP contribution < -0.4 is 0 Å². The molecule has 94 valence electrons. The Hall–Kier alpha value is -1.71. The van der Waals surface area contributed by atoms with Gasteiger partial charge in [-0.3, -0.25) is 4.79 Å². The van der Waals surface area contributed by atoms with Crippen molar-refractivity contribution in [2.24, 2.45) is 0 Å². The van der Waals surface area contributed by atoms with E-state index in [4.69, 9.17) is 11.6 Å². The lowest BCUT2D eigenvalue weighted by molar-refractivity contribution is 0.101. The van der Waals surface area contributed by atoms with E-state index in [1.165, 1.54) is 22.1 Å². The maximum Gasteiger partial charge on any atom is 0.196 e. The Bertz CT molecular complexity index is 750. The molecule has 4 heteroatoms. The minimum Gasteiger partial charge on any atom is -0.291 e. The van der Waals surface area contributed by atoms with E-state index in [0.717, 1.165) is 10.6 Å². The molecular formula is C15H10ClNOS. The number of aromatic nitrogens is 1. The zero-order chi connectivity index (χ0) is 13.2. The van der Waals surface area contributed by atoms with E-state index < -0.39 is 0 Å². The highest BCUT2D eigenvalue weighted by molar-refractivity contribution is 7.13. The number of carbonyl (C=O) groups excluding carboxylic acids is 1. The van der Waals surface area contributed by atoms with Crippen molar-refractivity contribution in [1.82, 2.24) is 4.98 Å². The molecule has 1 heterocycles. The highest BCUT2D eigenvalue weighted by Crippen LogP contribution is 2.27. The normalized spacial score (nSPS) is 10.8. The number of ketones is 1. The molecule has 0 unspecified atom stereocenters. The SMILES string of the molecule is O=C(CCl)c1csc(-c2ccc3ccccc3c2)n1. The molecule has 0 saturated heterocycles. The molecule has 0 radical (unpaired) electrons. The van der Waals surface area contributed by atoms with E-state index in [1.807, 2.05) is 18.2 Å². The Kier molecular flexibility index (Phi) is 3.32. The molecule has 3 rings (SSSR count). The van der Waals surface area contributed by atoms with Crippen molar-refractivity contribution in [2.45, 2.75) is 0 Å². The van der Waals surface area contributed by atoms with Gasteiger partial charge in [0.2, 0.25) is 0 Å². The van der Waals surface area contributed by atoms with Crippen LogP contribution in [0, 0.1) is 0 Å². The summed E-state index contributed by atoms with van der Waals surface area (Å²) in [4.78, 5) is 15.8. The highest BCUT2D eigenvalue weighted by atomic mass is 35.5. The first kappa shape index (κ1) is 12.3. The van der Waals surface area contributed by atoms with Crippen molar-refractivity contribution >= 4 is 39.5 Å². The van der Waals surface area contributed by atoms with Crippen molar-refractivity contribution in [3.05, 3.63) is 53.5 Å². The first-order valence-electron chi connectivity index (χ1n) is 5.82. The van der Waals surface area contributed by atoms with Gasteiger partial charge in [0.15, 0.2) is 5.78 Å². The number of benzene rings is 2. The quantitative estimate of drug-likeness (QED) is 0.528. The minimum atomic E-state index is -0.134. The molecule has 0 amide bonds. The second-order valence-corrected chi connectivity index (χ2v) is 5.28. The number of alkyl halides is 1. The molecule has 0 saturated carbocycles. The van der Waals surface area contributed by atoms with Gasteiger partial charge in [-0.25, -0.2) is 4.98 Å². The van der Waals surface area contributed by atoms with Crippen LogP contribution in [-0.4, -0.2) is 16.6 Å². The van der Waals surface area contributed by atoms with E-state index >= 15 is 0 Å². The molecule has 0 aliphatic rings. The van der Waals surface area contributed by atoms with Crippen LogP contribution in [0.3, 0.4) is 0 Å². The number of hydrogen-bond donors (Lipinski definition) is 0. The Balaban J connectivity index is 2.04. The number of Topliss-reactive ketones (excluding diaryl/α,β-unsaturated/α-hetero) is 1. The topological polar surface area (TPSA) is 30.0 Å². The maximum absolute atomic E-state index is 11.5. The number of halogens is 1. The van der Waals surface area contributed by atoms with Gasteiger partial charge in [-0.2, -0.15) is 0 Å². The van der Waals surface area contributed by atoms with Gasteiger partial charge in [0.05, 0.1) is 5.88 Å². The second kappa shape index (κ2) is 5.11. The number of hydrogen-bond acceptors (Lipinski definition) is 3. The van der Waals surface area contributed by atoms with Gasteiger partial charge in [0, 0.05) is 10.9 Å². The third-order valence-corrected chi connectivity index (χ3v) is 4.04. The third-order valence-electron chi connectivity index (χ3n) is 2.91. The predicted octanol–water partition coefficient (Wildman–Crippen LogP) is 4.38. The summed E-state index contributed by atoms with van der Waals surface area (Å²) < 4.78 is 0. The largest absolute Gasteiger partial charge is 0.291 e. The lowest BCUT2D eigenvalue weighted by atomic mass is 10.1. The number of rotatable bonds is 3. The van der Waals surface area contributed by atoms with Crippen molar-refractivity contribution in [2.75, 3.05) is 5.88 Å². The zero-order valence-electron chi connectivity index (χ0n) is 9.97. The van der Waals surface area contributed by atoms with Crippen molar-refractivity contribution in [3.63, 3.8) is 0 Å². The fourth-order valence-electron chi connectivity index (χ4n) is 1.93. The molecule has 0 spiro atoms. The summed E-state index contributed by atoms with van der Waals surface area (Å²) in [6.45, 7) is 0. The van der Waals surface area contributed by atoms with Crippen LogP contribution in [0.2, 0.25) is 0 Å². The van der Waals surface area contributed by atoms with Gasteiger partial charge in [-0.1, -0.05) is 36.4 Å². The van der Waals surface area contributed by atoms with E-state index in [-0.39, 0.29) is 11.7 Å². The Morgan fingerprint density at radius 2 is 1.95 bits per heavy atom. The van der Waals surface area contributed by atoms with Crippen LogP contribution in [0.5, 0.6) is 0 Å². The standard InChI is InChI=1S/C15H10ClNOS/c16-8-14(18)13-9-19-15(17-13)12-6-5-10-3-1-2-4-11(10)7-12/h1-7,9H,8H2. The molecular weight excluding hydrogens is 278 g/mol. The van der Waals surface area contributed by atoms with Crippen molar-refractivity contribution < 1.29 is 4.79 Å². The molecule has 0 atom stereocenters. The van der Waals surface area contributed by atoms with Crippen LogP contribution >= 0.6 is 22.9 Å². The summed E-state index contributed by atoms with van der Waals surface area (Å²) in [5.41, 5.74) is 1.47. The van der Waals surface area contributed by atoms with Gasteiger partial charge < -0.3 is 0 Å². The Morgan fingerprint density at radius 1 is 1.16 bits per heavy atom. The summed E-state index contributed by atoms with van der Waals surface area (Å²) in [7, 11) is 0. The first-order chi connectivity index (χ1) is 9.28. The fraction of sp³-hybridized carbons (Fsp3) is 0.0667. The Morgan fingerprint density at radius 3 is 2.74 bits per heavy atom. The molecule has 2 nitrogen and oxygen atoms in total. The van der Waals surface area contributed by atoms with Gasteiger partial charge >= 0.3 is 0 Å². The summed E-state index contributed by atoms with van der Waals surface area (Å²) >= 11 is 7.00. The van der Waals surface area contributed by atoms with Crippen molar-refractivity contribution in [3.8, 4) is 10.6 Å². The lowest BCUT2D eigenvalue weighted by Crippen LogP contribution is -1.99. The summed E-state index contributed by atoms with van der Waals surface area (Å²) in [5.74, 6) is -0.161. The predicted molar refractivity (Wildman–Crippen MR) is 80.1 cm³/mol. The smallest absolute Gasteiger partial charge is 0.196 e. The van der Waals surface area contributed by atoms with E-state index in [2.05, 4.69) is 29.2 Å². The van der Waals surface area contributed by atoms with Gasteiger partial charge in [-0.15, -0.1) is 22.9 Å². The van der Waals surface area contributed by atoms with Crippen LogP contribution in [-0.2, 0) is 0 Å². The fourth-order valence-corrected chi connectivity index (χ4v) is 2.88. The van der Waals surface area contributed by atoms with Gasteiger partial charge in [0.1, 0.15) is 10.7 Å². The molecule has 0 fully saturated rings. The molecule has 0 bridgehead atoms. The molecule has 19 heavy (non-hydrogen) atoms. The number of nitrogens with zero attached hydrogens (tertiary/aromatic N) is 1. The third kappa shape index (κ3) is 2.39. The monoisotopic (exact) mass is 287 g/mol. The van der Waals surface area contributed by atoms with E-state index in [1.54, 1.807) is 5.38 Å². The zero-order valence-corrected chi connectivity index (χ0v) is 11.5. The summed E-state index contributed by atoms with van der Waals surface area (Å²) in [5, 5.41) is 4.97. The molecule has 0 N–H and O–H groups in total. The number of carbonyl (C=O) groups is 1. The first-order valence-corrected chi connectivity index (χ1v) is 7.23. The second-order valence-electron chi connectivity index (χ2n) is 4.16. The van der Waals surface area contributed by atoms with Crippen LogP contribution in [0.25, 0.3) is 21.3 Å². The summed E-state index contributed by atoms with van der Waals surface area (Å²) in [6.07, 6.45) is 0. The van der Waals surface area contributed by atoms with Crippen LogP contribution in [0.15, 0.2) is 47.8 Å². The number of thiazole rings is 1. The Labute approximate surface area is 119 Å². The molecule has 0 aliphatic heterocycles.